The van der Waals surface area contributed by atoms with Gasteiger partial charge in [-0.1, -0.05) is 12.8 Å². The Labute approximate surface area is 117 Å². The Balaban J connectivity index is 3.00. The van der Waals surface area contributed by atoms with E-state index in [4.69, 9.17) is 0 Å². The number of benzene rings is 1. The summed E-state index contributed by atoms with van der Waals surface area (Å²) in [5.41, 5.74) is 0.0372. The smallest absolute Gasteiger partial charge is 0.320 e. The van der Waals surface area contributed by atoms with Crippen molar-refractivity contribution >= 4 is 21.6 Å². The van der Waals surface area contributed by atoms with Gasteiger partial charge in [0.05, 0.1) is 22.9 Å². The number of urea groups is 1. The maximum atomic E-state index is 13.2. The molecule has 1 aromatic rings. The fourth-order valence-electron chi connectivity index (χ4n) is 1.39. The lowest BCUT2D eigenvalue weighted by atomic mass is 10.3. The molecule has 0 spiro atoms. The lowest BCUT2D eigenvalue weighted by Crippen LogP contribution is -2.29. The fourth-order valence-corrected chi connectivity index (χ4v) is 2.45. The van der Waals surface area contributed by atoms with Crippen LogP contribution in [0.1, 0.15) is 13.8 Å². The molecule has 5 nitrogen and oxygen atoms in total. The van der Waals surface area contributed by atoms with Crippen LogP contribution in [-0.4, -0.2) is 26.7 Å². The standard InChI is InChI=1S/C13H15FN2O3S/c1-3-5-8-15-13(17)16-11-7-6-10(14)9-12(11)20(18,19)4-2/h6-7,9H,4,8H2,1-2H3,(H2,15,16,17). The van der Waals surface area contributed by atoms with E-state index >= 15 is 0 Å². The average Bonchev–Trinajstić information content (AvgIpc) is 2.41. The highest BCUT2D eigenvalue weighted by molar-refractivity contribution is 7.91. The van der Waals surface area contributed by atoms with E-state index in [9.17, 15) is 17.6 Å². The van der Waals surface area contributed by atoms with Gasteiger partial charge in [-0.2, -0.15) is 0 Å². The van der Waals surface area contributed by atoms with Crippen molar-refractivity contribution in [2.75, 3.05) is 17.6 Å². The van der Waals surface area contributed by atoms with Crippen LogP contribution in [0.15, 0.2) is 23.1 Å². The largest absolute Gasteiger partial charge is 0.327 e. The van der Waals surface area contributed by atoms with E-state index in [-0.39, 0.29) is 22.9 Å². The maximum absolute atomic E-state index is 13.2. The minimum absolute atomic E-state index is 0.0372. The zero-order valence-corrected chi connectivity index (χ0v) is 12.0. The molecule has 0 aliphatic carbocycles. The summed E-state index contributed by atoms with van der Waals surface area (Å²) < 4.78 is 36.9. The molecule has 0 radical (unpaired) electrons. The predicted octanol–water partition coefficient (Wildman–Crippen LogP) is 1.76. The molecule has 0 atom stereocenters. The van der Waals surface area contributed by atoms with E-state index in [1.807, 2.05) is 0 Å². The van der Waals surface area contributed by atoms with Crippen LogP contribution in [0.3, 0.4) is 0 Å². The molecule has 20 heavy (non-hydrogen) atoms. The van der Waals surface area contributed by atoms with Gasteiger partial charge in [0.25, 0.3) is 0 Å². The first-order valence-corrected chi connectivity index (χ1v) is 7.52. The van der Waals surface area contributed by atoms with Gasteiger partial charge < -0.3 is 10.6 Å². The van der Waals surface area contributed by atoms with Gasteiger partial charge >= 0.3 is 6.03 Å². The van der Waals surface area contributed by atoms with Crippen molar-refractivity contribution < 1.29 is 17.6 Å². The Morgan fingerprint density at radius 1 is 1.40 bits per heavy atom. The first-order chi connectivity index (χ1) is 9.40. The van der Waals surface area contributed by atoms with Crippen molar-refractivity contribution in [3.05, 3.63) is 24.0 Å². The summed E-state index contributed by atoms with van der Waals surface area (Å²) >= 11 is 0. The van der Waals surface area contributed by atoms with Crippen LogP contribution < -0.4 is 10.6 Å². The van der Waals surface area contributed by atoms with Gasteiger partial charge in [0, 0.05) is 0 Å². The number of nitrogens with one attached hydrogen (secondary N) is 2. The molecule has 108 valence electrons. The lowest BCUT2D eigenvalue weighted by molar-refractivity contribution is 0.253. The molecular weight excluding hydrogens is 283 g/mol. The first kappa shape index (κ1) is 16.0. The van der Waals surface area contributed by atoms with Crippen LogP contribution in [0, 0.1) is 17.7 Å². The number of amides is 2. The molecule has 2 N–H and O–H groups in total. The number of halogens is 1. The highest BCUT2D eigenvalue weighted by Gasteiger charge is 2.18. The van der Waals surface area contributed by atoms with Crippen LogP contribution in [0.2, 0.25) is 0 Å². The molecule has 0 bridgehead atoms. The monoisotopic (exact) mass is 298 g/mol. The zero-order chi connectivity index (χ0) is 15.2. The van der Waals surface area contributed by atoms with Gasteiger partial charge in [0.2, 0.25) is 0 Å². The summed E-state index contributed by atoms with van der Waals surface area (Å²) in [7, 11) is -3.63. The average molecular weight is 298 g/mol. The van der Waals surface area contributed by atoms with Crippen molar-refractivity contribution in [2.45, 2.75) is 18.7 Å². The van der Waals surface area contributed by atoms with Crippen LogP contribution in [0.4, 0.5) is 14.9 Å². The minimum Gasteiger partial charge on any atom is -0.327 e. The van der Waals surface area contributed by atoms with Crippen LogP contribution in [-0.2, 0) is 9.84 Å². The van der Waals surface area contributed by atoms with E-state index in [1.54, 1.807) is 6.92 Å². The summed E-state index contributed by atoms with van der Waals surface area (Å²) in [6, 6.07) is 2.58. The third kappa shape index (κ3) is 4.24. The summed E-state index contributed by atoms with van der Waals surface area (Å²) in [6.45, 7) is 3.21. The number of rotatable bonds is 4. The molecule has 0 aliphatic rings. The summed E-state index contributed by atoms with van der Waals surface area (Å²) in [4.78, 5) is 11.3. The number of carbonyl (C=O) groups is 1. The lowest BCUT2D eigenvalue weighted by Gasteiger charge is -2.11. The summed E-state index contributed by atoms with van der Waals surface area (Å²) in [6.07, 6.45) is 0. The Kier molecular flexibility index (Phi) is 5.53. The molecule has 7 heteroatoms. The molecule has 0 aromatic heterocycles. The molecular formula is C13H15FN2O3S. The maximum Gasteiger partial charge on any atom is 0.320 e. The van der Waals surface area contributed by atoms with Crippen molar-refractivity contribution in [3.8, 4) is 11.8 Å². The second-order valence-electron chi connectivity index (χ2n) is 3.78. The van der Waals surface area contributed by atoms with Crippen molar-refractivity contribution in [2.24, 2.45) is 0 Å². The molecule has 0 fully saturated rings. The molecule has 0 saturated carbocycles. The molecule has 0 saturated heterocycles. The van der Waals surface area contributed by atoms with Gasteiger partial charge in [0.15, 0.2) is 9.84 Å². The third-order valence-corrected chi connectivity index (χ3v) is 4.19. The summed E-state index contributed by atoms with van der Waals surface area (Å²) in [5.74, 6) is 4.36. The number of anilines is 1. The van der Waals surface area contributed by atoms with Crippen molar-refractivity contribution in [1.29, 1.82) is 0 Å². The van der Waals surface area contributed by atoms with Gasteiger partial charge in [0.1, 0.15) is 5.82 Å². The van der Waals surface area contributed by atoms with Gasteiger partial charge in [-0.25, -0.2) is 17.6 Å². The van der Waals surface area contributed by atoms with E-state index < -0.39 is 21.7 Å². The number of sulfone groups is 1. The van der Waals surface area contributed by atoms with Gasteiger partial charge in [-0.15, -0.1) is 5.92 Å². The minimum atomic E-state index is -3.63. The Morgan fingerprint density at radius 2 is 2.10 bits per heavy atom. The highest BCUT2D eigenvalue weighted by atomic mass is 32.2. The Bertz CT molecular complexity index is 660. The van der Waals surface area contributed by atoms with Crippen molar-refractivity contribution in [1.82, 2.24) is 5.32 Å². The molecule has 0 aliphatic heterocycles. The van der Waals surface area contributed by atoms with Gasteiger partial charge in [-0.05, 0) is 25.1 Å². The molecule has 2 amide bonds. The summed E-state index contributed by atoms with van der Waals surface area (Å²) in [5, 5.41) is 4.80. The highest BCUT2D eigenvalue weighted by Crippen LogP contribution is 2.23. The first-order valence-electron chi connectivity index (χ1n) is 5.87. The Hall–Kier alpha value is -2.07. The molecule has 1 rings (SSSR count). The van der Waals surface area contributed by atoms with Crippen LogP contribution in [0.5, 0.6) is 0 Å². The third-order valence-electron chi connectivity index (χ3n) is 2.42. The SMILES string of the molecule is CC#CCNC(=O)Nc1ccc(F)cc1S(=O)(=O)CC. The molecule has 0 unspecified atom stereocenters. The Morgan fingerprint density at radius 3 is 2.70 bits per heavy atom. The van der Waals surface area contributed by atoms with E-state index in [0.717, 1.165) is 12.1 Å². The number of carbonyl (C=O) groups excluding carboxylic acids is 1. The van der Waals surface area contributed by atoms with Gasteiger partial charge in [-0.3, -0.25) is 0 Å². The number of hydrogen-bond donors (Lipinski definition) is 2. The van der Waals surface area contributed by atoms with Crippen molar-refractivity contribution in [3.63, 3.8) is 0 Å². The number of hydrogen-bond acceptors (Lipinski definition) is 3. The second-order valence-corrected chi connectivity index (χ2v) is 6.03. The van der Waals surface area contributed by atoms with E-state index in [0.29, 0.717) is 0 Å². The molecule has 1 aromatic carbocycles. The fraction of sp³-hybridized carbons (Fsp3) is 0.308. The quantitative estimate of drug-likeness (QED) is 0.832. The van der Waals surface area contributed by atoms with Crippen LogP contribution >= 0.6 is 0 Å². The normalized spacial score (nSPS) is 10.3. The van der Waals surface area contributed by atoms with E-state index in [1.165, 1.54) is 13.0 Å². The predicted molar refractivity (Wildman–Crippen MR) is 74.6 cm³/mol. The molecule has 0 heterocycles. The van der Waals surface area contributed by atoms with E-state index in [2.05, 4.69) is 22.5 Å². The topological polar surface area (TPSA) is 75.3 Å². The second kappa shape index (κ2) is 6.91. The zero-order valence-electron chi connectivity index (χ0n) is 11.2. The van der Waals surface area contributed by atoms with Crippen LogP contribution in [0.25, 0.3) is 0 Å².